The van der Waals surface area contributed by atoms with Gasteiger partial charge in [0.25, 0.3) is 5.91 Å². The van der Waals surface area contributed by atoms with Crippen molar-refractivity contribution in [3.63, 3.8) is 0 Å². The summed E-state index contributed by atoms with van der Waals surface area (Å²) >= 11 is 0. The van der Waals surface area contributed by atoms with Crippen LogP contribution < -0.4 is 14.8 Å². The molecule has 1 N–H and O–H groups in total. The van der Waals surface area contributed by atoms with Crippen LogP contribution in [0.2, 0.25) is 0 Å². The summed E-state index contributed by atoms with van der Waals surface area (Å²) in [5.74, 6) is 1.62. The fourth-order valence-electron chi connectivity index (χ4n) is 4.01. The van der Waals surface area contributed by atoms with Gasteiger partial charge in [-0.25, -0.2) is 0 Å². The molecule has 0 saturated heterocycles. The Balaban J connectivity index is 1.77. The van der Waals surface area contributed by atoms with Crippen molar-refractivity contribution in [3.8, 4) is 11.5 Å². The molecule has 0 radical (unpaired) electrons. The highest BCUT2D eigenvalue weighted by Gasteiger charge is 2.20. The highest BCUT2D eigenvalue weighted by Crippen LogP contribution is 2.32. The maximum atomic E-state index is 12.8. The van der Waals surface area contributed by atoms with Gasteiger partial charge in [-0.05, 0) is 55.0 Å². The number of nitrogens with one attached hydrogen (secondary N) is 1. The average Bonchev–Trinajstić information content (AvgIpc) is 2.73. The van der Waals surface area contributed by atoms with Gasteiger partial charge < -0.3 is 14.8 Å². The van der Waals surface area contributed by atoms with E-state index in [1.165, 1.54) is 19.3 Å². The van der Waals surface area contributed by atoms with Crippen molar-refractivity contribution < 1.29 is 14.3 Å². The zero-order valence-electron chi connectivity index (χ0n) is 18.8. The minimum atomic E-state index is -0.0128. The zero-order chi connectivity index (χ0) is 21.6. The van der Waals surface area contributed by atoms with Crippen molar-refractivity contribution in [3.05, 3.63) is 59.2 Å². The summed E-state index contributed by atoms with van der Waals surface area (Å²) in [6.45, 7) is 9.42. The first-order valence-corrected chi connectivity index (χ1v) is 11.2. The van der Waals surface area contributed by atoms with Crippen LogP contribution in [0.25, 0.3) is 0 Å². The van der Waals surface area contributed by atoms with E-state index in [0.717, 1.165) is 35.5 Å². The van der Waals surface area contributed by atoms with E-state index in [2.05, 4.69) is 32.2 Å². The molecule has 3 rings (SSSR count). The third kappa shape index (κ3) is 5.78. The van der Waals surface area contributed by atoms with E-state index in [1.807, 2.05) is 43.3 Å². The maximum Gasteiger partial charge on any atom is 0.251 e. The van der Waals surface area contributed by atoms with E-state index in [0.29, 0.717) is 18.8 Å². The highest BCUT2D eigenvalue weighted by atomic mass is 16.5. The second-order valence-electron chi connectivity index (χ2n) is 9.10. The molecule has 0 atom stereocenters. The Bertz CT molecular complexity index is 848. The summed E-state index contributed by atoms with van der Waals surface area (Å²) in [5, 5.41) is 3.20. The topological polar surface area (TPSA) is 47.6 Å². The fourth-order valence-corrected chi connectivity index (χ4v) is 4.01. The number of hydrogen-bond acceptors (Lipinski definition) is 3. The minimum absolute atomic E-state index is 0.0127. The Morgan fingerprint density at radius 2 is 1.73 bits per heavy atom. The van der Waals surface area contributed by atoms with Crippen molar-refractivity contribution in [2.24, 2.45) is 0 Å². The molecule has 162 valence electrons. The number of rotatable bonds is 7. The third-order valence-electron chi connectivity index (χ3n) is 5.64. The van der Waals surface area contributed by atoms with Crippen molar-refractivity contribution in [2.75, 3.05) is 6.61 Å². The molecule has 0 heterocycles. The van der Waals surface area contributed by atoms with E-state index in [-0.39, 0.29) is 17.4 Å². The number of para-hydroxylation sites is 1. The Kier molecular flexibility index (Phi) is 7.41. The molecule has 1 saturated carbocycles. The Hall–Kier alpha value is -2.49. The first kappa shape index (κ1) is 22.2. The molecule has 4 nitrogen and oxygen atoms in total. The summed E-state index contributed by atoms with van der Waals surface area (Å²) < 4.78 is 12.0. The van der Waals surface area contributed by atoms with Gasteiger partial charge in [0, 0.05) is 17.2 Å². The summed E-state index contributed by atoms with van der Waals surface area (Å²) in [4.78, 5) is 12.8. The molecule has 2 aromatic carbocycles. The van der Waals surface area contributed by atoms with Gasteiger partial charge in [-0.1, -0.05) is 58.2 Å². The molecule has 1 amide bonds. The van der Waals surface area contributed by atoms with Gasteiger partial charge >= 0.3 is 0 Å². The predicted molar refractivity (Wildman–Crippen MR) is 121 cm³/mol. The molecule has 30 heavy (non-hydrogen) atoms. The Morgan fingerprint density at radius 1 is 1.00 bits per heavy atom. The van der Waals surface area contributed by atoms with E-state index >= 15 is 0 Å². The van der Waals surface area contributed by atoms with Crippen LogP contribution in [0.4, 0.5) is 0 Å². The van der Waals surface area contributed by atoms with E-state index in [4.69, 9.17) is 9.47 Å². The lowest BCUT2D eigenvalue weighted by atomic mass is 9.86. The smallest absolute Gasteiger partial charge is 0.251 e. The van der Waals surface area contributed by atoms with Crippen molar-refractivity contribution in [1.82, 2.24) is 5.32 Å². The molecule has 0 unspecified atom stereocenters. The third-order valence-corrected chi connectivity index (χ3v) is 5.64. The lowest BCUT2D eigenvalue weighted by Crippen LogP contribution is -2.36. The van der Waals surface area contributed by atoms with Gasteiger partial charge in [0.05, 0.1) is 6.61 Å². The van der Waals surface area contributed by atoms with Gasteiger partial charge in [-0.15, -0.1) is 0 Å². The van der Waals surface area contributed by atoms with Crippen LogP contribution in [0.5, 0.6) is 11.5 Å². The molecular formula is C26H35NO3. The van der Waals surface area contributed by atoms with E-state index < -0.39 is 0 Å². The van der Waals surface area contributed by atoms with Crippen LogP contribution >= 0.6 is 0 Å². The van der Waals surface area contributed by atoms with Crippen molar-refractivity contribution >= 4 is 5.91 Å². The number of hydrogen-bond donors (Lipinski definition) is 1. The second-order valence-corrected chi connectivity index (χ2v) is 9.10. The van der Waals surface area contributed by atoms with E-state index in [9.17, 15) is 4.79 Å². The number of carbonyl (C=O) groups excluding carboxylic acids is 1. The van der Waals surface area contributed by atoms with E-state index in [1.54, 1.807) is 0 Å². The monoisotopic (exact) mass is 409 g/mol. The minimum Gasteiger partial charge on any atom is -0.493 e. The molecule has 1 aliphatic rings. The lowest BCUT2D eigenvalue weighted by molar-refractivity contribution is 0.0927. The standard InChI is InChI=1S/C26H35NO3/c1-5-29-23-16-15-19(25(28)27-21-11-7-6-8-12-21)17-20(23)18-30-24-14-10-9-13-22(24)26(2,3)4/h9-10,13-17,21H,5-8,11-12,18H2,1-4H3,(H,27,28). The van der Waals surface area contributed by atoms with Gasteiger partial charge in [-0.3, -0.25) is 4.79 Å². The first-order valence-electron chi connectivity index (χ1n) is 11.2. The van der Waals surface area contributed by atoms with Crippen LogP contribution in [0.3, 0.4) is 0 Å². The molecule has 1 aliphatic carbocycles. The summed E-state index contributed by atoms with van der Waals surface area (Å²) in [6, 6.07) is 14.0. The average molecular weight is 410 g/mol. The zero-order valence-corrected chi connectivity index (χ0v) is 18.8. The summed E-state index contributed by atoms with van der Waals surface area (Å²) in [6.07, 6.45) is 5.80. The molecule has 0 spiro atoms. The molecule has 0 bridgehead atoms. The summed E-state index contributed by atoms with van der Waals surface area (Å²) in [5.41, 5.74) is 2.69. The quantitative estimate of drug-likeness (QED) is 0.608. The van der Waals surface area contributed by atoms with Gasteiger partial charge in [-0.2, -0.15) is 0 Å². The molecule has 0 aliphatic heterocycles. The van der Waals surface area contributed by atoms with Gasteiger partial charge in [0.15, 0.2) is 0 Å². The molecule has 2 aromatic rings. The predicted octanol–water partition coefficient (Wildman–Crippen LogP) is 6.02. The maximum absolute atomic E-state index is 12.8. The number of carbonyl (C=O) groups is 1. The van der Waals surface area contributed by atoms with Crippen LogP contribution in [0.1, 0.15) is 81.3 Å². The van der Waals surface area contributed by atoms with Gasteiger partial charge in [0.1, 0.15) is 18.1 Å². The number of benzene rings is 2. The van der Waals surface area contributed by atoms with Crippen molar-refractivity contribution in [2.45, 2.75) is 77.9 Å². The molecular weight excluding hydrogens is 374 g/mol. The Labute approximate surface area is 181 Å². The number of ether oxygens (including phenoxy) is 2. The summed E-state index contributed by atoms with van der Waals surface area (Å²) in [7, 11) is 0. The van der Waals surface area contributed by atoms with Crippen LogP contribution in [0.15, 0.2) is 42.5 Å². The highest BCUT2D eigenvalue weighted by molar-refractivity contribution is 5.94. The van der Waals surface area contributed by atoms with Crippen molar-refractivity contribution in [1.29, 1.82) is 0 Å². The second kappa shape index (κ2) is 10.0. The van der Waals surface area contributed by atoms with Crippen LogP contribution in [-0.4, -0.2) is 18.6 Å². The molecule has 1 fully saturated rings. The fraction of sp³-hybridized carbons (Fsp3) is 0.500. The van der Waals surface area contributed by atoms with Crippen LogP contribution in [-0.2, 0) is 12.0 Å². The normalized spacial score (nSPS) is 14.9. The largest absolute Gasteiger partial charge is 0.493 e. The first-order chi connectivity index (χ1) is 14.4. The lowest BCUT2D eigenvalue weighted by Gasteiger charge is -2.24. The Morgan fingerprint density at radius 3 is 2.43 bits per heavy atom. The van der Waals surface area contributed by atoms with Crippen LogP contribution in [0, 0.1) is 0 Å². The number of amides is 1. The molecule has 4 heteroatoms. The van der Waals surface area contributed by atoms with Gasteiger partial charge in [0.2, 0.25) is 0 Å². The SMILES string of the molecule is CCOc1ccc(C(=O)NC2CCCCC2)cc1COc1ccccc1C(C)(C)C. The molecule has 0 aromatic heterocycles.